The average Bonchev–Trinajstić information content (AvgIpc) is 3.93. The van der Waals surface area contributed by atoms with E-state index >= 15 is 0 Å². The van der Waals surface area contributed by atoms with Crippen molar-refractivity contribution in [3.63, 3.8) is 0 Å². The summed E-state index contributed by atoms with van der Waals surface area (Å²) in [5.41, 5.74) is 14.9. The maximum Gasteiger partial charge on any atom is 0.0620 e. The highest BCUT2D eigenvalue weighted by atomic mass is 15.0. The van der Waals surface area contributed by atoms with Crippen molar-refractivity contribution in [2.24, 2.45) is 0 Å². The van der Waals surface area contributed by atoms with Gasteiger partial charge in [0.2, 0.25) is 0 Å². The summed E-state index contributed by atoms with van der Waals surface area (Å²) in [6.07, 6.45) is 0. The molecule has 0 fully saturated rings. The smallest absolute Gasteiger partial charge is 0.0620 e. The van der Waals surface area contributed by atoms with Crippen LogP contribution in [0.1, 0.15) is 26.3 Å². The van der Waals surface area contributed by atoms with Crippen molar-refractivity contribution < 1.29 is 0 Å². The van der Waals surface area contributed by atoms with Gasteiger partial charge in [-0.1, -0.05) is 118 Å². The first-order chi connectivity index (χ1) is 26.9. The number of fused-ring (bicyclic) bond motifs is 12. The van der Waals surface area contributed by atoms with Crippen LogP contribution in [0.3, 0.4) is 0 Å². The van der Waals surface area contributed by atoms with Gasteiger partial charge in [0, 0.05) is 54.5 Å². The Bertz CT molecular complexity index is 3280. The minimum atomic E-state index is 0.0914. The van der Waals surface area contributed by atoms with Gasteiger partial charge >= 0.3 is 0 Å². The molecule has 0 aliphatic heterocycles. The molecule has 260 valence electrons. The highest BCUT2D eigenvalue weighted by molar-refractivity contribution is 6.29. The van der Waals surface area contributed by atoms with E-state index in [0.717, 1.165) is 0 Å². The fourth-order valence-electron chi connectivity index (χ4n) is 9.51. The molecule has 0 saturated heterocycles. The molecule has 3 heteroatoms. The van der Waals surface area contributed by atoms with E-state index in [9.17, 15) is 0 Å². The maximum atomic E-state index is 2.56. The molecule has 0 N–H and O–H groups in total. The van der Waals surface area contributed by atoms with Crippen molar-refractivity contribution in [1.82, 2.24) is 13.5 Å². The third-order valence-electron chi connectivity index (χ3n) is 12.1. The third-order valence-corrected chi connectivity index (χ3v) is 12.1. The fourth-order valence-corrected chi connectivity index (χ4v) is 9.51. The van der Waals surface area contributed by atoms with E-state index in [4.69, 9.17) is 0 Å². The molecular weight excluding hydrogens is 667 g/mol. The van der Waals surface area contributed by atoms with Crippen molar-refractivity contribution in [3.8, 4) is 22.5 Å². The number of para-hydroxylation sites is 4. The number of aromatic nitrogens is 3. The minimum Gasteiger partial charge on any atom is -0.309 e. The minimum absolute atomic E-state index is 0.0914. The van der Waals surface area contributed by atoms with Crippen molar-refractivity contribution in [2.45, 2.75) is 26.2 Å². The van der Waals surface area contributed by atoms with Gasteiger partial charge in [-0.3, -0.25) is 0 Å². The van der Waals surface area contributed by atoms with Crippen LogP contribution in [-0.4, -0.2) is 13.5 Å². The van der Waals surface area contributed by atoms with Gasteiger partial charge in [0.1, 0.15) is 0 Å². The Hall–Kier alpha value is -6.84. The van der Waals surface area contributed by atoms with Crippen LogP contribution in [0, 0.1) is 0 Å². The summed E-state index contributed by atoms with van der Waals surface area (Å²) in [6.45, 7) is 6.85. The van der Waals surface area contributed by atoms with E-state index < -0.39 is 0 Å². The second-order valence-corrected chi connectivity index (χ2v) is 16.2. The number of rotatable bonds is 3. The van der Waals surface area contributed by atoms with Crippen LogP contribution < -0.4 is 0 Å². The lowest BCUT2D eigenvalue weighted by atomic mass is 9.86. The first-order valence-electron chi connectivity index (χ1n) is 19.3. The summed E-state index contributed by atoms with van der Waals surface area (Å²) in [4.78, 5) is 0. The molecule has 0 amide bonds. The third kappa shape index (κ3) is 4.21. The van der Waals surface area contributed by atoms with Crippen LogP contribution in [0.4, 0.5) is 0 Å². The standard InChI is InChI=1S/C52H37N3/c1-52(2,3)34-24-22-32(23-25-34)33-26-43-41-30-47-39(37-18-10-12-20-45(37)53(47)35-14-6-4-7-15-35)28-49(41)55-50-29-40-38-19-11-13-21-46(38)54(36-16-8-5-9-17-36)48(40)31-42(50)44(27-33)51(43)55/h4-31H,1-3H3. The Kier molecular flexibility index (Phi) is 6.05. The lowest BCUT2D eigenvalue weighted by Gasteiger charge is -2.19. The molecule has 0 aliphatic carbocycles. The summed E-state index contributed by atoms with van der Waals surface area (Å²) in [7, 11) is 0. The first kappa shape index (κ1) is 30.6. The Morgan fingerprint density at radius 2 is 0.745 bits per heavy atom. The number of benzene rings is 8. The summed E-state index contributed by atoms with van der Waals surface area (Å²) in [5, 5.41) is 10.2. The zero-order valence-corrected chi connectivity index (χ0v) is 31.0. The van der Waals surface area contributed by atoms with Gasteiger partial charge < -0.3 is 13.5 Å². The summed E-state index contributed by atoms with van der Waals surface area (Å²) in [5.74, 6) is 0. The second kappa shape index (κ2) is 10.9. The first-order valence-corrected chi connectivity index (χ1v) is 19.3. The SMILES string of the molecule is CC(C)(C)c1ccc(-c2cc3c4cc5c(cc4n4c6cc7c8ccccc8n(-c8ccccc8)c7cc6c(c2)c34)c2ccccc2n5-c2ccccc2)cc1. The van der Waals surface area contributed by atoms with E-state index in [1.807, 2.05) is 0 Å². The molecule has 0 unspecified atom stereocenters. The highest BCUT2D eigenvalue weighted by Crippen LogP contribution is 2.46. The largest absolute Gasteiger partial charge is 0.309 e. The van der Waals surface area contributed by atoms with E-state index in [-0.39, 0.29) is 5.41 Å². The Balaban J connectivity index is 1.26. The zero-order valence-electron chi connectivity index (χ0n) is 31.0. The maximum absolute atomic E-state index is 2.56. The van der Waals surface area contributed by atoms with Crippen LogP contribution in [0.5, 0.6) is 0 Å². The van der Waals surface area contributed by atoms with Crippen LogP contribution >= 0.6 is 0 Å². The van der Waals surface area contributed by atoms with E-state index in [2.05, 4.69) is 204 Å². The predicted molar refractivity (Wildman–Crippen MR) is 234 cm³/mol. The van der Waals surface area contributed by atoms with Crippen molar-refractivity contribution in [3.05, 3.63) is 175 Å². The number of hydrogen-bond donors (Lipinski definition) is 0. The summed E-state index contributed by atoms with van der Waals surface area (Å²) in [6, 6.07) is 63.2. The van der Waals surface area contributed by atoms with Crippen LogP contribution in [0.15, 0.2) is 170 Å². The van der Waals surface area contributed by atoms with Gasteiger partial charge in [-0.15, -0.1) is 0 Å². The monoisotopic (exact) mass is 703 g/mol. The Morgan fingerprint density at radius 3 is 1.22 bits per heavy atom. The van der Waals surface area contributed by atoms with Crippen LogP contribution in [0.25, 0.3) is 104 Å². The van der Waals surface area contributed by atoms with Gasteiger partial charge in [-0.05, 0) is 94.9 Å². The van der Waals surface area contributed by atoms with E-state index in [0.29, 0.717) is 0 Å². The lowest BCUT2D eigenvalue weighted by Crippen LogP contribution is -2.10. The number of nitrogens with zero attached hydrogens (tertiary/aromatic N) is 3. The Labute approximate surface area is 318 Å². The van der Waals surface area contributed by atoms with Gasteiger partial charge in [0.15, 0.2) is 0 Å². The molecule has 0 saturated carbocycles. The van der Waals surface area contributed by atoms with Crippen LogP contribution in [0.2, 0.25) is 0 Å². The highest BCUT2D eigenvalue weighted by Gasteiger charge is 2.24. The molecule has 12 rings (SSSR count). The fraction of sp³-hybridized carbons (Fsp3) is 0.0769. The molecule has 0 bridgehead atoms. The van der Waals surface area contributed by atoms with Crippen molar-refractivity contribution >= 4 is 81.7 Å². The summed E-state index contributed by atoms with van der Waals surface area (Å²) >= 11 is 0. The quantitative estimate of drug-likeness (QED) is 0.174. The topological polar surface area (TPSA) is 14.3 Å². The average molecular weight is 704 g/mol. The van der Waals surface area contributed by atoms with Gasteiger partial charge in [-0.2, -0.15) is 0 Å². The molecular formula is C52H37N3. The van der Waals surface area contributed by atoms with Crippen molar-refractivity contribution in [1.29, 1.82) is 0 Å². The zero-order chi connectivity index (χ0) is 36.6. The van der Waals surface area contributed by atoms with E-state index in [1.54, 1.807) is 0 Å². The Morgan fingerprint density at radius 1 is 0.327 bits per heavy atom. The molecule has 55 heavy (non-hydrogen) atoms. The molecule has 0 atom stereocenters. The van der Waals surface area contributed by atoms with Gasteiger partial charge in [-0.25, -0.2) is 0 Å². The number of hydrogen-bond acceptors (Lipinski definition) is 0. The van der Waals surface area contributed by atoms with Gasteiger partial charge in [0.05, 0.1) is 38.6 Å². The molecule has 0 aliphatic rings. The van der Waals surface area contributed by atoms with E-state index in [1.165, 1.54) is 110 Å². The second-order valence-electron chi connectivity index (χ2n) is 16.2. The predicted octanol–water partition coefficient (Wildman–Crippen LogP) is 14.0. The molecule has 0 spiro atoms. The molecule has 4 heterocycles. The summed E-state index contributed by atoms with van der Waals surface area (Å²) < 4.78 is 7.43. The molecule has 8 aromatic carbocycles. The van der Waals surface area contributed by atoms with Crippen molar-refractivity contribution in [2.75, 3.05) is 0 Å². The van der Waals surface area contributed by atoms with Crippen LogP contribution in [-0.2, 0) is 5.41 Å². The normalized spacial score (nSPS) is 12.6. The molecule has 12 aromatic rings. The van der Waals surface area contributed by atoms with Gasteiger partial charge in [0.25, 0.3) is 0 Å². The molecule has 0 radical (unpaired) electrons. The molecule has 3 nitrogen and oxygen atoms in total. The lowest BCUT2D eigenvalue weighted by molar-refractivity contribution is 0.590. The molecule has 4 aromatic heterocycles.